The monoisotopic (exact) mass is 461 g/mol. The maximum atomic E-state index is 12.7. The Balaban J connectivity index is 4.95. The van der Waals surface area contributed by atoms with Gasteiger partial charge >= 0.3 is 5.97 Å². The molecule has 0 aromatic rings. The minimum absolute atomic E-state index is 0.108. The summed E-state index contributed by atoms with van der Waals surface area (Å²) >= 11 is 1.48. The molecular formula is C20H39N5O5S. The minimum Gasteiger partial charge on any atom is -0.480 e. The van der Waals surface area contributed by atoms with Crippen LogP contribution in [0.5, 0.6) is 0 Å². The molecule has 0 spiro atoms. The number of thioether (sulfide) groups is 1. The lowest BCUT2D eigenvalue weighted by Gasteiger charge is -2.24. The van der Waals surface area contributed by atoms with Crippen molar-refractivity contribution < 1.29 is 24.3 Å². The van der Waals surface area contributed by atoms with Gasteiger partial charge in [0.15, 0.2) is 0 Å². The van der Waals surface area contributed by atoms with Gasteiger partial charge in [-0.3, -0.25) is 14.4 Å². The number of carbonyl (C=O) groups excluding carboxylic acids is 3. The number of carboxylic acids is 1. The zero-order valence-electron chi connectivity index (χ0n) is 19.0. The Kier molecular flexibility index (Phi) is 14.9. The standard InChI is InChI=1S/C20H39N5O5S/c1-12(2)11-16(25-18(27)14(22)7-5-6-9-21)19(28)23-13(3)17(26)24-15(20(29)30)8-10-31-4/h12-16H,5-11,21-22H2,1-4H3,(H,23,28)(H,24,26)(H,25,27)(H,29,30)/t13-,14-,15-,16-/m0/s1. The van der Waals surface area contributed by atoms with Crippen molar-refractivity contribution in [1.29, 1.82) is 0 Å². The lowest BCUT2D eigenvalue weighted by Crippen LogP contribution is -2.56. The van der Waals surface area contributed by atoms with Crippen molar-refractivity contribution in [2.75, 3.05) is 18.6 Å². The van der Waals surface area contributed by atoms with E-state index in [9.17, 15) is 24.3 Å². The van der Waals surface area contributed by atoms with E-state index in [4.69, 9.17) is 11.5 Å². The minimum atomic E-state index is -1.13. The molecule has 0 bridgehead atoms. The van der Waals surface area contributed by atoms with Crippen LogP contribution in [0.4, 0.5) is 0 Å². The second-order valence-corrected chi connectivity index (χ2v) is 8.98. The Morgan fingerprint density at radius 1 is 0.903 bits per heavy atom. The fourth-order valence-corrected chi connectivity index (χ4v) is 3.26. The molecule has 0 unspecified atom stereocenters. The number of nitrogens with two attached hydrogens (primary N) is 2. The quantitative estimate of drug-likeness (QED) is 0.171. The van der Waals surface area contributed by atoms with E-state index in [0.29, 0.717) is 31.6 Å². The SMILES string of the molecule is CSCC[C@H](NC(=O)[C@H](C)NC(=O)[C@H](CC(C)C)NC(=O)[C@@H](N)CCCCN)C(=O)O. The van der Waals surface area contributed by atoms with Crippen molar-refractivity contribution in [3.05, 3.63) is 0 Å². The van der Waals surface area contributed by atoms with Gasteiger partial charge in [-0.05, 0) is 57.1 Å². The Labute approximate surface area is 189 Å². The van der Waals surface area contributed by atoms with Crippen LogP contribution in [0.25, 0.3) is 0 Å². The van der Waals surface area contributed by atoms with E-state index < -0.39 is 47.9 Å². The van der Waals surface area contributed by atoms with Gasteiger partial charge in [-0.15, -0.1) is 0 Å². The molecule has 0 fully saturated rings. The van der Waals surface area contributed by atoms with Crippen LogP contribution in [0.2, 0.25) is 0 Å². The highest BCUT2D eigenvalue weighted by molar-refractivity contribution is 7.98. The Hall–Kier alpha value is -1.85. The second-order valence-electron chi connectivity index (χ2n) is 7.99. The number of carboxylic acid groups (broad SMARTS) is 1. The third-order valence-electron chi connectivity index (χ3n) is 4.62. The van der Waals surface area contributed by atoms with Gasteiger partial charge in [-0.2, -0.15) is 11.8 Å². The predicted octanol–water partition coefficient (Wildman–Crippen LogP) is -0.199. The van der Waals surface area contributed by atoms with Crippen LogP contribution in [0.15, 0.2) is 0 Å². The normalized spacial score (nSPS) is 14.9. The summed E-state index contributed by atoms with van der Waals surface area (Å²) in [7, 11) is 0. The van der Waals surface area contributed by atoms with E-state index in [-0.39, 0.29) is 12.3 Å². The topological polar surface area (TPSA) is 177 Å². The number of amides is 3. The molecule has 4 atom stereocenters. The average Bonchev–Trinajstić information content (AvgIpc) is 2.69. The van der Waals surface area contributed by atoms with Gasteiger partial charge in [0, 0.05) is 0 Å². The van der Waals surface area contributed by atoms with Gasteiger partial charge in [0.1, 0.15) is 18.1 Å². The fourth-order valence-electron chi connectivity index (χ4n) is 2.79. The molecule has 0 rings (SSSR count). The lowest BCUT2D eigenvalue weighted by atomic mass is 10.0. The summed E-state index contributed by atoms with van der Waals surface area (Å²) in [6, 6.07) is -3.59. The molecule has 11 heteroatoms. The van der Waals surface area contributed by atoms with Crippen LogP contribution < -0.4 is 27.4 Å². The van der Waals surface area contributed by atoms with Gasteiger partial charge in [0.2, 0.25) is 17.7 Å². The number of rotatable bonds is 16. The highest BCUT2D eigenvalue weighted by Gasteiger charge is 2.28. The molecule has 180 valence electrons. The lowest BCUT2D eigenvalue weighted by molar-refractivity contribution is -0.142. The first kappa shape index (κ1) is 29.1. The third-order valence-corrected chi connectivity index (χ3v) is 5.27. The van der Waals surface area contributed by atoms with Crippen LogP contribution in [0.1, 0.15) is 52.9 Å². The van der Waals surface area contributed by atoms with Crippen molar-refractivity contribution in [2.45, 2.75) is 77.0 Å². The van der Waals surface area contributed by atoms with Gasteiger partial charge < -0.3 is 32.5 Å². The molecule has 0 saturated heterocycles. The molecule has 0 aromatic heterocycles. The van der Waals surface area contributed by atoms with Crippen molar-refractivity contribution in [3.63, 3.8) is 0 Å². The van der Waals surface area contributed by atoms with E-state index in [1.165, 1.54) is 18.7 Å². The molecule has 31 heavy (non-hydrogen) atoms. The van der Waals surface area contributed by atoms with E-state index in [1.54, 1.807) is 0 Å². The molecule has 0 radical (unpaired) electrons. The first-order valence-corrected chi connectivity index (χ1v) is 12.0. The summed E-state index contributed by atoms with van der Waals surface area (Å²) in [5.41, 5.74) is 11.4. The van der Waals surface area contributed by atoms with Crippen molar-refractivity contribution in [2.24, 2.45) is 17.4 Å². The number of unbranched alkanes of at least 4 members (excludes halogenated alkanes) is 1. The zero-order valence-corrected chi connectivity index (χ0v) is 19.8. The molecule has 0 aliphatic heterocycles. The van der Waals surface area contributed by atoms with Crippen molar-refractivity contribution >= 4 is 35.5 Å². The Morgan fingerprint density at radius 3 is 2.03 bits per heavy atom. The fraction of sp³-hybridized carbons (Fsp3) is 0.800. The summed E-state index contributed by atoms with van der Waals surface area (Å²) in [4.78, 5) is 48.8. The predicted molar refractivity (Wildman–Crippen MR) is 122 cm³/mol. The van der Waals surface area contributed by atoms with E-state index in [0.717, 1.165) is 6.42 Å². The van der Waals surface area contributed by atoms with Crippen LogP contribution in [0, 0.1) is 5.92 Å². The largest absolute Gasteiger partial charge is 0.480 e. The highest BCUT2D eigenvalue weighted by Crippen LogP contribution is 2.07. The van der Waals surface area contributed by atoms with Crippen LogP contribution >= 0.6 is 11.8 Å². The van der Waals surface area contributed by atoms with E-state index in [2.05, 4.69) is 16.0 Å². The molecular weight excluding hydrogens is 422 g/mol. The molecule has 0 aliphatic rings. The smallest absolute Gasteiger partial charge is 0.326 e. The van der Waals surface area contributed by atoms with Crippen molar-refractivity contribution in [1.82, 2.24) is 16.0 Å². The molecule has 0 aromatic carbocycles. The Bertz CT molecular complexity index is 590. The third kappa shape index (κ3) is 12.6. The van der Waals surface area contributed by atoms with Gasteiger partial charge in [0.25, 0.3) is 0 Å². The summed E-state index contributed by atoms with van der Waals surface area (Å²) in [6.45, 7) is 5.81. The van der Waals surface area contributed by atoms with E-state index in [1.807, 2.05) is 20.1 Å². The zero-order chi connectivity index (χ0) is 24.0. The molecule has 3 amide bonds. The second kappa shape index (κ2) is 15.9. The molecule has 10 nitrogen and oxygen atoms in total. The summed E-state index contributed by atoms with van der Waals surface area (Å²) in [6.07, 6.45) is 4.42. The number of nitrogens with one attached hydrogen (secondary N) is 3. The molecule has 8 N–H and O–H groups in total. The van der Waals surface area contributed by atoms with Crippen LogP contribution in [-0.4, -0.2) is 71.5 Å². The Morgan fingerprint density at radius 2 is 1.52 bits per heavy atom. The molecule has 0 aliphatic carbocycles. The van der Waals surface area contributed by atoms with Crippen LogP contribution in [-0.2, 0) is 19.2 Å². The maximum absolute atomic E-state index is 12.7. The summed E-state index contributed by atoms with van der Waals surface area (Å²) < 4.78 is 0. The summed E-state index contributed by atoms with van der Waals surface area (Å²) in [5, 5.41) is 16.9. The number of aliphatic carboxylic acids is 1. The highest BCUT2D eigenvalue weighted by atomic mass is 32.2. The van der Waals surface area contributed by atoms with Crippen molar-refractivity contribution in [3.8, 4) is 0 Å². The molecule has 0 saturated carbocycles. The first-order valence-electron chi connectivity index (χ1n) is 10.6. The van der Waals surface area contributed by atoms with Crippen LogP contribution in [0.3, 0.4) is 0 Å². The maximum Gasteiger partial charge on any atom is 0.326 e. The average molecular weight is 462 g/mol. The number of hydrogen-bond acceptors (Lipinski definition) is 7. The van der Waals surface area contributed by atoms with Gasteiger partial charge in [-0.1, -0.05) is 20.3 Å². The van der Waals surface area contributed by atoms with E-state index >= 15 is 0 Å². The molecule has 0 heterocycles. The van der Waals surface area contributed by atoms with Gasteiger partial charge in [-0.25, -0.2) is 4.79 Å². The number of carbonyl (C=O) groups is 4. The number of hydrogen-bond donors (Lipinski definition) is 6. The first-order chi connectivity index (χ1) is 14.5. The summed E-state index contributed by atoms with van der Waals surface area (Å²) in [5.74, 6) is -2.00. The van der Waals surface area contributed by atoms with Gasteiger partial charge in [0.05, 0.1) is 6.04 Å².